The molecule has 0 N–H and O–H groups in total. The minimum Gasteiger partial charge on any atom is -0.340 e. The van der Waals surface area contributed by atoms with E-state index in [1.165, 1.54) is 0 Å². The standard InChI is InChI=1S/C21H24F3N5O3S/c22-21(23,24)17-5-1-6-18(14-17)33(31,32)29-12-10-27(11-13-29)19(30)16-4-2-9-28(15-16)20-25-7-3-8-26-20/h1,3,5-8,14,16H,2,4,9-13,15H2. The molecule has 3 heterocycles. The average molecular weight is 484 g/mol. The predicted molar refractivity (Wildman–Crippen MR) is 114 cm³/mol. The van der Waals surface area contributed by atoms with Crippen LogP contribution in [0.1, 0.15) is 18.4 Å². The Morgan fingerprint density at radius 1 is 1.00 bits per heavy atom. The van der Waals surface area contributed by atoms with E-state index in [9.17, 15) is 26.4 Å². The van der Waals surface area contributed by atoms with Gasteiger partial charge in [0.25, 0.3) is 0 Å². The van der Waals surface area contributed by atoms with Crippen molar-refractivity contribution in [1.29, 1.82) is 0 Å². The molecule has 0 bridgehead atoms. The topological polar surface area (TPSA) is 86.7 Å². The van der Waals surface area contributed by atoms with Crippen molar-refractivity contribution < 1.29 is 26.4 Å². The van der Waals surface area contributed by atoms with Gasteiger partial charge in [-0.15, -0.1) is 0 Å². The van der Waals surface area contributed by atoms with E-state index in [0.29, 0.717) is 18.6 Å². The van der Waals surface area contributed by atoms with Crippen molar-refractivity contribution in [3.05, 3.63) is 48.3 Å². The number of piperazine rings is 1. The van der Waals surface area contributed by atoms with Gasteiger partial charge in [-0.05, 0) is 37.1 Å². The van der Waals surface area contributed by atoms with Crippen molar-refractivity contribution in [1.82, 2.24) is 19.2 Å². The lowest BCUT2D eigenvalue weighted by atomic mass is 9.96. The Bertz CT molecular complexity index is 1090. The normalized spacial score (nSPS) is 20.6. The molecule has 2 fully saturated rings. The van der Waals surface area contributed by atoms with Crippen LogP contribution in [0.4, 0.5) is 19.1 Å². The highest BCUT2D eigenvalue weighted by Gasteiger charge is 2.36. The van der Waals surface area contributed by atoms with E-state index in [4.69, 9.17) is 0 Å². The summed E-state index contributed by atoms with van der Waals surface area (Å²) in [4.78, 5) is 24.8. The Hall–Kier alpha value is -2.73. The molecule has 1 amide bonds. The lowest BCUT2D eigenvalue weighted by Gasteiger charge is -2.38. The summed E-state index contributed by atoms with van der Waals surface area (Å²) in [6.45, 7) is 1.69. The van der Waals surface area contributed by atoms with Crippen LogP contribution in [0, 0.1) is 5.92 Å². The van der Waals surface area contributed by atoms with Crippen LogP contribution in [0.5, 0.6) is 0 Å². The van der Waals surface area contributed by atoms with Gasteiger partial charge >= 0.3 is 6.18 Å². The van der Waals surface area contributed by atoms with Crippen molar-refractivity contribution in [2.75, 3.05) is 44.2 Å². The third-order valence-corrected chi connectivity index (χ3v) is 7.85. The van der Waals surface area contributed by atoms with Gasteiger partial charge in [0.05, 0.1) is 16.4 Å². The molecule has 2 aromatic rings. The maximum atomic E-state index is 13.1. The average Bonchev–Trinajstić information content (AvgIpc) is 2.84. The summed E-state index contributed by atoms with van der Waals surface area (Å²) in [5.41, 5.74) is -1.01. The number of piperidine rings is 1. The van der Waals surface area contributed by atoms with Crippen molar-refractivity contribution in [3.8, 4) is 0 Å². The number of halogens is 3. The van der Waals surface area contributed by atoms with Crippen LogP contribution in [0.3, 0.4) is 0 Å². The van der Waals surface area contributed by atoms with Gasteiger partial charge in [-0.3, -0.25) is 4.79 Å². The molecule has 2 saturated heterocycles. The lowest BCUT2D eigenvalue weighted by molar-refractivity contribution is -0.138. The summed E-state index contributed by atoms with van der Waals surface area (Å²) < 4.78 is 65.9. The molecule has 2 aliphatic rings. The van der Waals surface area contributed by atoms with Gasteiger partial charge in [-0.2, -0.15) is 17.5 Å². The van der Waals surface area contributed by atoms with Crippen molar-refractivity contribution >= 4 is 21.9 Å². The fourth-order valence-corrected chi connectivity index (χ4v) is 5.67. The monoisotopic (exact) mass is 483 g/mol. The molecule has 1 aromatic carbocycles. The number of benzene rings is 1. The molecule has 0 spiro atoms. The highest BCUT2D eigenvalue weighted by Crippen LogP contribution is 2.31. The number of hydrogen-bond acceptors (Lipinski definition) is 6. The molecule has 2 aliphatic heterocycles. The largest absolute Gasteiger partial charge is 0.416 e. The molecule has 4 rings (SSSR count). The molecule has 1 atom stereocenters. The first kappa shape index (κ1) is 23.4. The molecule has 1 unspecified atom stereocenters. The zero-order valence-corrected chi connectivity index (χ0v) is 18.6. The van der Waals surface area contributed by atoms with Crippen LogP contribution in [0.2, 0.25) is 0 Å². The first-order chi connectivity index (χ1) is 15.7. The van der Waals surface area contributed by atoms with Crippen molar-refractivity contribution in [2.45, 2.75) is 23.9 Å². The number of rotatable bonds is 4. The number of carbonyl (C=O) groups excluding carboxylic acids is 1. The third kappa shape index (κ3) is 5.11. The second-order valence-corrected chi connectivity index (χ2v) is 10.0. The number of alkyl halides is 3. The summed E-state index contributed by atoms with van der Waals surface area (Å²) in [5.74, 6) is 0.285. The first-order valence-electron chi connectivity index (χ1n) is 10.6. The van der Waals surface area contributed by atoms with E-state index in [1.54, 1.807) is 23.4 Å². The van der Waals surface area contributed by atoms with E-state index in [2.05, 4.69) is 9.97 Å². The smallest absolute Gasteiger partial charge is 0.340 e. The maximum absolute atomic E-state index is 13.1. The van der Waals surface area contributed by atoms with E-state index in [1.807, 2.05) is 4.90 Å². The van der Waals surface area contributed by atoms with Crippen LogP contribution in [-0.2, 0) is 21.0 Å². The van der Waals surface area contributed by atoms with Crippen LogP contribution in [0.15, 0.2) is 47.6 Å². The van der Waals surface area contributed by atoms with Gasteiger partial charge in [-0.25, -0.2) is 18.4 Å². The summed E-state index contributed by atoms with van der Waals surface area (Å²) in [6.07, 6.45) is 0.217. The maximum Gasteiger partial charge on any atom is 0.416 e. The minimum absolute atomic E-state index is 0.0303. The second-order valence-electron chi connectivity index (χ2n) is 8.09. The van der Waals surface area contributed by atoms with Gasteiger partial charge in [0.1, 0.15) is 0 Å². The van der Waals surface area contributed by atoms with Gasteiger partial charge < -0.3 is 9.80 Å². The van der Waals surface area contributed by atoms with Crippen molar-refractivity contribution in [2.24, 2.45) is 5.92 Å². The van der Waals surface area contributed by atoms with Gasteiger partial charge in [0.15, 0.2) is 0 Å². The van der Waals surface area contributed by atoms with E-state index >= 15 is 0 Å². The molecule has 8 nitrogen and oxygen atoms in total. The minimum atomic E-state index is -4.63. The molecule has 33 heavy (non-hydrogen) atoms. The lowest BCUT2D eigenvalue weighted by Crippen LogP contribution is -2.53. The number of hydrogen-bond donors (Lipinski definition) is 0. The molecule has 1 aromatic heterocycles. The fraction of sp³-hybridized carbons (Fsp3) is 0.476. The summed E-state index contributed by atoms with van der Waals surface area (Å²) in [6, 6.07) is 5.45. The molecular formula is C21H24F3N5O3S. The molecule has 0 aliphatic carbocycles. The molecule has 178 valence electrons. The summed E-state index contributed by atoms with van der Waals surface area (Å²) in [5, 5.41) is 0. The van der Waals surface area contributed by atoms with Crippen LogP contribution in [-0.4, -0.2) is 72.8 Å². The fourth-order valence-electron chi connectivity index (χ4n) is 4.20. The Morgan fingerprint density at radius 2 is 1.70 bits per heavy atom. The first-order valence-corrected chi connectivity index (χ1v) is 12.1. The van der Waals surface area contributed by atoms with E-state index in [-0.39, 0.29) is 38.0 Å². The second kappa shape index (κ2) is 9.26. The number of anilines is 1. The number of sulfonamides is 1. The van der Waals surface area contributed by atoms with Gasteiger partial charge in [0, 0.05) is 51.7 Å². The zero-order valence-electron chi connectivity index (χ0n) is 17.8. The Morgan fingerprint density at radius 3 is 2.36 bits per heavy atom. The van der Waals surface area contributed by atoms with Crippen LogP contribution < -0.4 is 4.90 Å². The van der Waals surface area contributed by atoms with Gasteiger partial charge in [0.2, 0.25) is 21.9 Å². The number of amides is 1. The van der Waals surface area contributed by atoms with E-state index in [0.717, 1.165) is 41.9 Å². The highest BCUT2D eigenvalue weighted by atomic mass is 32.2. The van der Waals surface area contributed by atoms with E-state index < -0.39 is 26.7 Å². The summed E-state index contributed by atoms with van der Waals surface area (Å²) in [7, 11) is -4.09. The van der Waals surface area contributed by atoms with Gasteiger partial charge in [-0.1, -0.05) is 6.07 Å². The van der Waals surface area contributed by atoms with Crippen LogP contribution in [0.25, 0.3) is 0 Å². The number of aromatic nitrogens is 2. The number of nitrogens with zero attached hydrogens (tertiary/aromatic N) is 5. The Balaban J connectivity index is 1.39. The number of carbonyl (C=O) groups is 1. The third-order valence-electron chi connectivity index (χ3n) is 5.96. The molecule has 0 saturated carbocycles. The van der Waals surface area contributed by atoms with Crippen LogP contribution >= 0.6 is 0 Å². The zero-order chi connectivity index (χ0) is 23.6. The Kier molecular flexibility index (Phi) is 6.57. The quantitative estimate of drug-likeness (QED) is 0.663. The predicted octanol–water partition coefficient (Wildman–Crippen LogP) is 2.24. The summed E-state index contributed by atoms with van der Waals surface area (Å²) >= 11 is 0. The Labute approximate surface area is 190 Å². The highest BCUT2D eigenvalue weighted by molar-refractivity contribution is 7.89. The molecular weight excluding hydrogens is 459 g/mol. The van der Waals surface area contributed by atoms with Crippen molar-refractivity contribution in [3.63, 3.8) is 0 Å². The molecule has 0 radical (unpaired) electrons. The molecule has 12 heteroatoms. The SMILES string of the molecule is O=C(C1CCCN(c2ncccn2)C1)N1CCN(S(=O)(=O)c2cccc(C(F)(F)F)c2)CC1.